The molecule has 0 unspecified atom stereocenters. The summed E-state index contributed by atoms with van der Waals surface area (Å²) < 4.78 is 0. The standard InChI is InChI=1S/C32H45NO3S/c1-20-19-33-29(37-20)32(15-16-32)28(36)12-14-30(3,4)27-11-10-25-22(7-6-13-31(25,27)5)8-9-23-17-24(34)18-26(35)21(23)2/h8-9,12,14,19,24-28,34-36H,2,6-7,10-11,13,15-18H2,1,3-5H3/b14-12+,22-8+,23-9-/t24-,25+,26+,27-,28+,31+/m1/s1. The molecule has 4 saturated carbocycles. The van der Waals surface area contributed by atoms with Gasteiger partial charge in [0.05, 0.1) is 23.7 Å². The summed E-state index contributed by atoms with van der Waals surface area (Å²) >= 11 is 1.72. The highest BCUT2D eigenvalue weighted by Gasteiger charge is 2.54. The van der Waals surface area contributed by atoms with Crippen LogP contribution in [0.4, 0.5) is 0 Å². The summed E-state index contributed by atoms with van der Waals surface area (Å²) in [6.07, 6.45) is 18.1. The predicted octanol–water partition coefficient (Wildman–Crippen LogP) is 6.57. The Morgan fingerprint density at radius 3 is 2.62 bits per heavy atom. The molecule has 1 aromatic rings. The maximum atomic E-state index is 11.2. The molecule has 0 saturated heterocycles. The maximum absolute atomic E-state index is 11.2. The van der Waals surface area contributed by atoms with Gasteiger partial charge in [0, 0.05) is 17.5 Å². The normalized spacial score (nSPS) is 36.9. The number of rotatable bonds is 6. The molecular weight excluding hydrogens is 478 g/mol. The molecule has 4 nitrogen and oxygen atoms in total. The lowest BCUT2D eigenvalue weighted by Crippen LogP contribution is -2.39. The monoisotopic (exact) mass is 523 g/mol. The van der Waals surface area contributed by atoms with E-state index in [9.17, 15) is 15.3 Å². The van der Waals surface area contributed by atoms with E-state index in [1.807, 2.05) is 6.20 Å². The Bertz CT molecular complexity index is 1120. The van der Waals surface area contributed by atoms with Gasteiger partial charge in [-0.1, -0.05) is 57.2 Å². The predicted molar refractivity (Wildman–Crippen MR) is 151 cm³/mol. The molecule has 0 bridgehead atoms. The van der Waals surface area contributed by atoms with Crippen LogP contribution in [0.5, 0.6) is 0 Å². The van der Waals surface area contributed by atoms with Crippen molar-refractivity contribution < 1.29 is 15.3 Å². The fraction of sp³-hybridized carbons (Fsp3) is 0.656. The van der Waals surface area contributed by atoms with E-state index in [0.717, 1.165) is 35.4 Å². The van der Waals surface area contributed by atoms with Crippen LogP contribution in [-0.4, -0.2) is 38.6 Å². The van der Waals surface area contributed by atoms with Gasteiger partial charge in [0.25, 0.3) is 0 Å². The first-order chi connectivity index (χ1) is 17.5. The molecule has 0 aromatic carbocycles. The third-order valence-electron chi connectivity index (χ3n) is 10.2. The van der Waals surface area contributed by atoms with Crippen LogP contribution in [0.2, 0.25) is 0 Å². The zero-order valence-corrected chi connectivity index (χ0v) is 23.9. The summed E-state index contributed by atoms with van der Waals surface area (Å²) in [6.45, 7) is 13.4. The number of fused-ring (bicyclic) bond motifs is 1. The topological polar surface area (TPSA) is 73.6 Å². The van der Waals surface area contributed by atoms with Crippen molar-refractivity contribution in [3.63, 3.8) is 0 Å². The van der Waals surface area contributed by atoms with Crippen molar-refractivity contribution in [1.29, 1.82) is 0 Å². The van der Waals surface area contributed by atoms with Crippen LogP contribution in [0.1, 0.15) is 88.4 Å². The van der Waals surface area contributed by atoms with Gasteiger partial charge in [0.1, 0.15) is 5.01 Å². The van der Waals surface area contributed by atoms with Gasteiger partial charge < -0.3 is 15.3 Å². The van der Waals surface area contributed by atoms with E-state index in [1.165, 1.54) is 36.1 Å². The van der Waals surface area contributed by atoms with Gasteiger partial charge in [-0.25, -0.2) is 4.98 Å². The molecule has 1 heterocycles. The maximum Gasteiger partial charge on any atom is 0.102 e. The minimum atomic E-state index is -0.641. The first-order valence-corrected chi connectivity index (χ1v) is 15.0. The van der Waals surface area contributed by atoms with Crippen molar-refractivity contribution in [2.24, 2.45) is 22.7 Å². The third-order valence-corrected chi connectivity index (χ3v) is 11.4. The Kier molecular flexibility index (Phi) is 7.23. The van der Waals surface area contributed by atoms with E-state index in [2.05, 4.69) is 63.6 Å². The van der Waals surface area contributed by atoms with Crippen LogP contribution in [0.25, 0.3) is 0 Å². The van der Waals surface area contributed by atoms with Crippen LogP contribution in [0.15, 0.2) is 53.8 Å². The fourth-order valence-electron chi connectivity index (χ4n) is 7.92. The first-order valence-electron chi connectivity index (χ1n) is 14.2. The summed E-state index contributed by atoms with van der Waals surface area (Å²) in [6, 6.07) is 0. The molecule has 5 heteroatoms. The highest BCUT2D eigenvalue weighted by atomic mass is 32.1. The second kappa shape index (κ2) is 9.89. The number of aryl methyl sites for hydroxylation is 1. The van der Waals surface area contributed by atoms with Crippen molar-refractivity contribution in [3.05, 3.63) is 63.7 Å². The number of hydrogen-bond acceptors (Lipinski definition) is 5. The number of hydrogen-bond donors (Lipinski definition) is 3. The largest absolute Gasteiger partial charge is 0.393 e. The lowest BCUT2D eigenvalue weighted by atomic mass is 9.57. The summed E-state index contributed by atoms with van der Waals surface area (Å²) in [5.41, 5.74) is 3.31. The quantitative estimate of drug-likeness (QED) is 0.369. The third kappa shape index (κ3) is 4.97. The number of nitrogens with zero attached hydrogens (tertiary/aromatic N) is 1. The Hall–Kier alpha value is -1.53. The van der Waals surface area contributed by atoms with Crippen LogP contribution in [0, 0.1) is 29.6 Å². The second-order valence-electron chi connectivity index (χ2n) is 13.2. The number of aliphatic hydroxyl groups is 3. The lowest BCUT2D eigenvalue weighted by molar-refractivity contribution is 0.0706. The molecule has 37 heavy (non-hydrogen) atoms. The first kappa shape index (κ1) is 27.1. The summed E-state index contributed by atoms with van der Waals surface area (Å²) in [4.78, 5) is 5.82. The van der Waals surface area contributed by atoms with Crippen molar-refractivity contribution in [3.8, 4) is 0 Å². The Morgan fingerprint density at radius 1 is 1.19 bits per heavy atom. The minimum absolute atomic E-state index is 0.00779. The van der Waals surface area contributed by atoms with Crippen LogP contribution >= 0.6 is 11.3 Å². The van der Waals surface area contributed by atoms with Gasteiger partial charge in [-0.05, 0) is 92.1 Å². The Balaban J connectivity index is 1.33. The molecule has 0 aliphatic heterocycles. The van der Waals surface area contributed by atoms with Gasteiger partial charge in [0.15, 0.2) is 0 Å². The number of aromatic nitrogens is 1. The molecule has 0 spiro atoms. The molecule has 4 aliphatic rings. The van der Waals surface area contributed by atoms with Crippen molar-refractivity contribution in [2.75, 3.05) is 0 Å². The molecule has 6 atom stereocenters. The Labute approximate surface area is 226 Å². The van der Waals surface area contributed by atoms with E-state index >= 15 is 0 Å². The highest BCUT2D eigenvalue weighted by molar-refractivity contribution is 7.11. The SMILES string of the molecule is C=C1/C(=C\C=C2/CCC[C@]3(C)[C@@H](C(C)(C)/C=C/[C@H](O)C4(c5ncc(C)s5)CC4)CC[C@@H]23)C[C@@H](O)C[C@@H]1O. The molecule has 0 amide bonds. The number of aliphatic hydroxyl groups excluding tert-OH is 3. The molecule has 1 aromatic heterocycles. The average Bonchev–Trinajstić information content (AvgIpc) is 3.40. The van der Waals surface area contributed by atoms with E-state index in [1.54, 1.807) is 11.3 Å². The van der Waals surface area contributed by atoms with E-state index in [4.69, 9.17) is 0 Å². The summed E-state index contributed by atoms with van der Waals surface area (Å²) in [7, 11) is 0. The molecule has 0 radical (unpaired) electrons. The minimum Gasteiger partial charge on any atom is -0.393 e. The molecule has 5 rings (SSSR count). The van der Waals surface area contributed by atoms with Gasteiger partial charge in [-0.15, -0.1) is 11.3 Å². The van der Waals surface area contributed by atoms with E-state index in [-0.39, 0.29) is 16.2 Å². The smallest absolute Gasteiger partial charge is 0.102 e. The average molecular weight is 524 g/mol. The van der Waals surface area contributed by atoms with Gasteiger partial charge in [-0.3, -0.25) is 0 Å². The molecular formula is C32H45NO3S. The van der Waals surface area contributed by atoms with Crippen molar-refractivity contribution in [1.82, 2.24) is 4.98 Å². The van der Waals surface area contributed by atoms with Crippen molar-refractivity contribution in [2.45, 2.75) is 109 Å². The Morgan fingerprint density at radius 2 is 1.95 bits per heavy atom. The van der Waals surface area contributed by atoms with Crippen LogP contribution < -0.4 is 0 Å². The molecule has 4 fully saturated rings. The molecule has 4 aliphatic carbocycles. The van der Waals surface area contributed by atoms with Crippen LogP contribution in [-0.2, 0) is 5.41 Å². The van der Waals surface area contributed by atoms with Gasteiger partial charge in [0.2, 0.25) is 0 Å². The summed E-state index contributed by atoms with van der Waals surface area (Å²) in [5.74, 6) is 1.11. The van der Waals surface area contributed by atoms with Crippen molar-refractivity contribution >= 4 is 11.3 Å². The van der Waals surface area contributed by atoms with Gasteiger partial charge in [-0.2, -0.15) is 0 Å². The fourth-order valence-corrected chi connectivity index (χ4v) is 8.97. The van der Waals surface area contributed by atoms with E-state index < -0.39 is 18.3 Å². The zero-order valence-electron chi connectivity index (χ0n) is 23.0. The molecule has 202 valence electrons. The van der Waals surface area contributed by atoms with Gasteiger partial charge >= 0.3 is 0 Å². The highest BCUT2D eigenvalue weighted by Crippen LogP contribution is 2.62. The lowest BCUT2D eigenvalue weighted by Gasteiger charge is -2.47. The zero-order chi connectivity index (χ0) is 26.6. The molecule has 3 N–H and O–H groups in total. The number of thiazole rings is 1. The van der Waals surface area contributed by atoms with Crippen LogP contribution in [0.3, 0.4) is 0 Å². The second-order valence-corrected chi connectivity index (χ2v) is 14.4. The summed E-state index contributed by atoms with van der Waals surface area (Å²) in [5, 5.41) is 32.7. The van der Waals surface area contributed by atoms with E-state index in [0.29, 0.717) is 24.7 Å². The number of allylic oxidation sites excluding steroid dienone is 4.